The Hall–Kier alpha value is -1.13. The van der Waals surface area contributed by atoms with Gasteiger partial charge in [-0.05, 0) is 19.3 Å². The van der Waals surface area contributed by atoms with Crippen LogP contribution in [0.15, 0.2) is 0 Å². The summed E-state index contributed by atoms with van der Waals surface area (Å²) in [5, 5.41) is -0.0575. The van der Waals surface area contributed by atoms with Gasteiger partial charge < -0.3 is 4.74 Å². The molecule has 0 aromatic heterocycles. The topological polar surface area (TPSA) is 46.6 Å². The first-order chi connectivity index (χ1) is 6.90. The zero-order valence-corrected chi connectivity index (χ0v) is 9.62. The van der Waals surface area contributed by atoms with Crippen LogP contribution >= 0.6 is 0 Å². The summed E-state index contributed by atoms with van der Waals surface area (Å²) in [5.41, 5.74) is 0. The quantitative estimate of drug-likeness (QED) is 0.522. The SMILES string of the molecule is CCOC(=O)[C@H](CC(C)C)N(F)C(C)=O. The highest BCUT2D eigenvalue weighted by atomic mass is 19.2. The molecule has 0 aromatic rings. The predicted octanol–water partition coefficient (Wildman–Crippen LogP) is 1.70. The number of amides is 1. The van der Waals surface area contributed by atoms with Gasteiger partial charge in [-0.15, -0.1) is 0 Å². The van der Waals surface area contributed by atoms with E-state index in [1.807, 2.05) is 13.8 Å². The summed E-state index contributed by atoms with van der Waals surface area (Å²) in [6, 6.07) is -1.12. The number of hydrogen-bond acceptors (Lipinski definition) is 3. The molecule has 5 heteroatoms. The van der Waals surface area contributed by atoms with Crippen LogP contribution in [-0.2, 0) is 14.3 Å². The van der Waals surface area contributed by atoms with Crippen LogP contribution in [0.2, 0.25) is 0 Å². The van der Waals surface area contributed by atoms with Gasteiger partial charge in [0.05, 0.1) is 6.61 Å². The number of nitrogens with zero attached hydrogens (tertiary/aromatic N) is 1. The zero-order valence-electron chi connectivity index (χ0n) is 9.62. The summed E-state index contributed by atoms with van der Waals surface area (Å²) in [6.07, 6.45) is 0.259. The lowest BCUT2D eigenvalue weighted by Gasteiger charge is -2.22. The minimum Gasteiger partial charge on any atom is -0.464 e. The summed E-state index contributed by atoms with van der Waals surface area (Å²) in [4.78, 5) is 22.2. The Morgan fingerprint density at radius 3 is 2.27 bits per heavy atom. The summed E-state index contributed by atoms with van der Waals surface area (Å²) in [7, 11) is 0. The zero-order chi connectivity index (χ0) is 12.0. The highest BCUT2D eigenvalue weighted by molar-refractivity contribution is 5.82. The van der Waals surface area contributed by atoms with Crippen molar-refractivity contribution in [1.29, 1.82) is 0 Å². The number of hydrogen-bond donors (Lipinski definition) is 0. The molecule has 0 aliphatic carbocycles. The van der Waals surface area contributed by atoms with Crippen LogP contribution < -0.4 is 0 Å². The van der Waals surface area contributed by atoms with Crippen molar-refractivity contribution in [2.24, 2.45) is 5.92 Å². The maximum Gasteiger partial charge on any atom is 0.331 e. The average molecular weight is 219 g/mol. The molecule has 1 amide bonds. The van der Waals surface area contributed by atoms with Crippen molar-refractivity contribution in [1.82, 2.24) is 5.12 Å². The van der Waals surface area contributed by atoms with Crippen LogP contribution in [0.4, 0.5) is 4.48 Å². The maximum atomic E-state index is 13.3. The maximum absolute atomic E-state index is 13.3. The Morgan fingerprint density at radius 2 is 1.93 bits per heavy atom. The lowest BCUT2D eigenvalue weighted by molar-refractivity contribution is -0.169. The Kier molecular flexibility index (Phi) is 5.89. The molecule has 0 heterocycles. The molecule has 15 heavy (non-hydrogen) atoms. The van der Waals surface area contributed by atoms with E-state index in [0.29, 0.717) is 0 Å². The average Bonchev–Trinajstić information content (AvgIpc) is 2.13. The molecule has 0 saturated carbocycles. The second kappa shape index (κ2) is 6.37. The van der Waals surface area contributed by atoms with E-state index in [9.17, 15) is 14.1 Å². The molecular formula is C10H18FNO3. The van der Waals surface area contributed by atoms with Crippen molar-refractivity contribution >= 4 is 11.9 Å². The van der Waals surface area contributed by atoms with Gasteiger partial charge in [0.1, 0.15) is 0 Å². The van der Waals surface area contributed by atoms with Gasteiger partial charge in [0.25, 0.3) is 0 Å². The van der Waals surface area contributed by atoms with Gasteiger partial charge in [0, 0.05) is 6.92 Å². The van der Waals surface area contributed by atoms with Crippen LogP contribution in [0.5, 0.6) is 0 Å². The van der Waals surface area contributed by atoms with Crippen LogP contribution in [-0.4, -0.2) is 29.6 Å². The number of esters is 1. The second-order valence-corrected chi connectivity index (χ2v) is 3.73. The van der Waals surface area contributed by atoms with E-state index < -0.39 is 17.9 Å². The van der Waals surface area contributed by atoms with E-state index in [2.05, 4.69) is 0 Å². The van der Waals surface area contributed by atoms with Crippen LogP contribution in [0.25, 0.3) is 0 Å². The van der Waals surface area contributed by atoms with Crippen molar-refractivity contribution in [2.75, 3.05) is 6.61 Å². The van der Waals surface area contributed by atoms with Crippen molar-refractivity contribution in [2.45, 2.75) is 40.2 Å². The van der Waals surface area contributed by atoms with E-state index in [1.54, 1.807) is 6.92 Å². The third-order valence-electron chi connectivity index (χ3n) is 1.83. The highest BCUT2D eigenvalue weighted by Gasteiger charge is 2.30. The number of rotatable bonds is 5. The molecule has 0 aliphatic heterocycles. The first-order valence-corrected chi connectivity index (χ1v) is 5.02. The molecule has 0 N–H and O–H groups in total. The smallest absolute Gasteiger partial charge is 0.331 e. The van der Waals surface area contributed by atoms with E-state index in [-0.39, 0.29) is 24.1 Å². The van der Waals surface area contributed by atoms with Crippen molar-refractivity contribution < 1.29 is 18.8 Å². The molecule has 88 valence electrons. The Bertz CT molecular complexity index is 231. The number of carbonyl (C=O) groups is 2. The Labute approximate surface area is 89.3 Å². The summed E-state index contributed by atoms with van der Waals surface area (Å²) >= 11 is 0. The minimum atomic E-state index is -1.12. The van der Waals surface area contributed by atoms with Crippen molar-refractivity contribution in [3.8, 4) is 0 Å². The summed E-state index contributed by atoms with van der Waals surface area (Å²) in [6.45, 7) is 6.59. The van der Waals surface area contributed by atoms with E-state index in [4.69, 9.17) is 4.74 Å². The standard InChI is InChI=1S/C10H18FNO3/c1-5-15-10(14)9(6-7(2)3)12(11)8(4)13/h7,9H,5-6H2,1-4H3/t9-/m0/s1. The lowest BCUT2D eigenvalue weighted by Crippen LogP contribution is -2.40. The van der Waals surface area contributed by atoms with E-state index in [0.717, 1.165) is 6.92 Å². The number of halogens is 1. The molecule has 0 bridgehead atoms. The summed E-state index contributed by atoms with van der Waals surface area (Å²) < 4.78 is 18.0. The van der Waals surface area contributed by atoms with Gasteiger partial charge >= 0.3 is 5.97 Å². The monoisotopic (exact) mass is 219 g/mol. The van der Waals surface area contributed by atoms with Crippen LogP contribution in [0.3, 0.4) is 0 Å². The van der Waals surface area contributed by atoms with Gasteiger partial charge in [-0.1, -0.05) is 18.3 Å². The second-order valence-electron chi connectivity index (χ2n) is 3.73. The third kappa shape index (κ3) is 4.76. The van der Waals surface area contributed by atoms with Gasteiger partial charge in [0.15, 0.2) is 6.04 Å². The van der Waals surface area contributed by atoms with Crippen LogP contribution in [0.1, 0.15) is 34.1 Å². The van der Waals surface area contributed by atoms with Gasteiger partial charge in [-0.25, -0.2) is 4.79 Å². The molecule has 0 radical (unpaired) electrons. The molecular weight excluding hydrogens is 201 g/mol. The van der Waals surface area contributed by atoms with Gasteiger partial charge in [-0.2, -0.15) is 5.12 Å². The highest BCUT2D eigenvalue weighted by Crippen LogP contribution is 2.14. The Balaban J connectivity index is 4.56. The first-order valence-electron chi connectivity index (χ1n) is 5.02. The fraction of sp³-hybridized carbons (Fsp3) is 0.800. The molecule has 4 nitrogen and oxygen atoms in total. The van der Waals surface area contributed by atoms with Gasteiger partial charge in [-0.3, -0.25) is 4.79 Å². The first kappa shape index (κ1) is 13.9. The Morgan fingerprint density at radius 1 is 1.40 bits per heavy atom. The largest absolute Gasteiger partial charge is 0.464 e. The van der Waals surface area contributed by atoms with Crippen molar-refractivity contribution in [3.05, 3.63) is 0 Å². The molecule has 0 aromatic carbocycles. The minimum absolute atomic E-state index is 0.0575. The van der Waals surface area contributed by atoms with E-state index >= 15 is 0 Å². The number of carbonyl (C=O) groups excluding carboxylic acids is 2. The van der Waals surface area contributed by atoms with Crippen LogP contribution in [0, 0.1) is 5.92 Å². The third-order valence-corrected chi connectivity index (χ3v) is 1.83. The fourth-order valence-corrected chi connectivity index (χ4v) is 1.19. The molecule has 0 aliphatic rings. The molecule has 0 spiro atoms. The van der Waals surface area contributed by atoms with Gasteiger partial charge in [0.2, 0.25) is 5.91 Å². The van der Waals surface area contributed by atoms with E-state index in [1.165, 1.54) is 0 Å². The summed E-state index contributed by atoms with van der Waals surface area (Å²) in [5.74, 6) is -1.37. The number of ether oxygens (including phenoxy) is 1. The normalized spacial score (nSPS) is 12.4. The lowest BCUT2D eigenvalue weighted by atomic mass is 10.0. The molecule has 0 saturated heterocycles. The predicted molar refractivity (Wildman–Crippen MR) is 53.5 cm³/mol. The molecule has 0 rings (SSSR count). The molecule has 0 fully saturated rings. The fourth-order valence-electron chi connectivity index (χ4n) is 1.19. The molecule has 0 unspecified atom stereocenters. The molecule has 1 atom stereocenters. The van der Waals surface area contributed by atoms with Crippen molar-refractivity contribution in [3.63, 3.8) is 0 Å².